The van der Waals surface area contributed by atoms with Gasteiger partial charge in [0.05, 0.1) is 0 Å². The molecule has 0 heterocycles. The van der Waals surface area contributed by atoms with E-state index in [2.05, 4.69) is 13.0 Å². The monoisotopic (exact) mass is 118 g/mol. The van der Waals surface area contributed by atoms with Gasteiger partial charge in [-0.2, -0.15) is 0 Å². The van der Waals surface area contributed by atoms with Gasteiger partial charge in [0.1, 0.15) is 0 Å². The van der Waals surface area contributed by atoms with Gasteiger partial charge in [-0.25, -0.2) is 0 Å². The number of hydrogen-bond donors (Lipinski definition) is 0. The summed E-state index contributed by atoms with van der Waals surface area (Å²) in [7, 11) is 0. The van der Waals surface area contributed by atoms with Crippen molar-refractivity contribution in [2.24, 2.45) is 0 Å². The van der Waals surface area contributed by atoms with Crippen molar-refractivity contribution in [2.45, 2.75) is 20.3 Å². The number of allylic oxidation sites excluding steroid dienone is 2. The van der Waals surface area contributed by atoms with Gasteiger partial charge in [-0.3, -0.25) is 0 Å². The van der Waals surface area contributed by atoms with E-state index in [1.54, 1.807) is 0 Å². The first kappa shape index (κ1) is 7.03. The molecule has 0 aliphatic heterocycles. The Morgan fingerprint density at radius 1 is 1.71 bits per heavy atom. The summed E-state index contributed by atoms with van der Waals surface area (Å²) in [4.78, 5) is 0. The molecule has 0 aliphatic rings. The molecule has 0 spiro atoms. The Labute approximate surface area is 50.2 Å². The molecule has 0 saturated carbocycles. The minimum Gasteiger partial charge on any atom is -0.126 e. The van der Waals surface area contributed by atoms with Crippen molar-refractivity contribution in [3.63, 3.8) is 0 Å². The lowest BCUT2D eigenvalue weighted by Gasteiger charge is -1.89. The maximum atomic E-state index is 5.43. The summed E-state index contributed by atoms with van der Waals surface area (Å²) in [5.74, 6) is 0.746. The van der Waals surface area contributed by atoms with E-state index >= 15 is 0 Å². The van der Waals surface area contributed by atoms with Crippen LogP contribution < -0.4 is 0 Å². The first-order chi connectivity index (χ1) is 3.31. The molecule has 0 radical (unpaired) electrons. The molecular weight excluding hydrogens is 108 g/mol. The van der Waals surface area contributed by atoms with Crippen molar-refractivity contribution in [1.82, 2.24) is 0 Å². The van der Waals surface area contributed by atoms with Gasteiger partial charge in [0.2, 0.25) is 0 Å². The third kappa shape index (κ3) is 3.87. The molecule has 0 unspecified atom stereocenters. The first-order valence-electron chi connectivity index (χ1n) is 2.49. The quantitative estimate of drug-likeness (QED) is 0.386. The zero-order valence-electron chi connectivity index (χ0n) is 4.87. The standard InChI is InChI=1S/C6H11Cl/c1-3-6(2)4-5-7/h3H,4-5H2,1-2H3. The SMILES string of the molecule is CC=C(C)CCCl. The van der Waals surface area contributed by atoms with Crippen LogP contribution in [0.4, 0.5) is 0 Å². The van der Waals surface area contributed by atoms with Crippen LogP contribution in [0, 0.1) is 0 Å². The van der Waals surface area contributed by atoms with Gasteiger partial charge >= 0.3 is 0 Å². The minimum absolute atomic E-state index is 0.746. The average molecular weight is 119 g/mol. The van der Waals surface area contributed by atoms with Gasteiger partial charge in [0, 0.05) is 5.88 Å². The highest BCUT2D eigenvalue weighted by Gasteiger charge is 1.81. The van der Waals surface area contributed by atoms with Crippen molar-refractivity contribution in [1.29, 1.82) is 0 Å². The topological polar surface area (TPSA) is 0 Å². The van der Waals surface area contributed by atoms with E-state index in [-0.39, 0.29) is 0 Å². The van der Waals surface area contributed by atoms with Crippen molar-refractivity contribution in [2.75, 3.05) is 5.88 Å². The van der Waals surface area contributed by atoms with Crippen molar-refractivity contribution < 1.29 is 0 Å². The van der Waals surface area contributed by atoms with Gasteiger partial charge in [0.25, 0.3) is 0 Å². The van der Waals surface area contributed by atoms with Crippen LogP contribution >= 0.6 is 11.6 Å². The van der Waals surface area contributed by atoms with Crippen molar-refractivity contribution in [3.05, 3.63) is 11.6 Å². The third-order valence-electron chi connectivity index (χ3n) is 0.982. The second kappa shape index (κ2) is 4.20. The normalized spacial score (nSPS) is 12.1. The number of rotatable bonds is 2. The van der Waals surface area contributed by atoms with Crippen LogP contribution in [-0.2, 0) is 0 Å². The second-order valence-electron chi connectivity index (χ2n) is 1.57. The fourth-order valence-electron chi connectivity index (χ4n) is 0.293. The molecule has 0 aromatic heterocycles. The van der Waals surface area contributed by atoms with Crippen LogP contribution in [0.1, 0.15) is 20.3 Å². The largest absolute Gasteiger partial charge is 0.126 e. The fraction of sp³-hybridized carbons (Fsp3) is 0.667. The molecule has 1 heteroatoms. The molecule has 0 rings (SSSR count). The third-order valence-corrected chi connectivity index (χ3v) is 1.17. The van der Waals surface area contributed by atoms with Crippen LogP contribution in [0.2, 0.25) is 0 Å². The molecule has 0 bridgehead atoms. The number of halogens is 1. The van der Waals surface area contributed by atoms with E-state index in [0.717, 1.165) is 12.3 Å². The van der Waals surface area contributed by atoms with Gasteiger partial charge in [-0.15, -0.1) is 11.6 Å². The fourth-order valence-corrected chi connectivity index (χ4v) is 0.591. The number of hydrogen-bond acceptors (Lipinski definition) is 0. The highest BCUT2D eigenvalue weighted by atomic mass is 35.5. The van der Waals surface area contributed by atoms with Gasteiger partial charge in [-0.1, -0.05) is 11.6 Å². The van der Waals surface area contributed by atoms with Crippen molar-refractivity contribution >= 4 is 11.6 Å². The van der Waals surface area contributed by atoms with Crippen molar-refractivity contribution in [3.8, 4) is 0 Å². The molecule has 7 heavy (non-hydrogen) atoms. The van der Waals surface area contributed by atoms with Crippen LogP contribution in [-0.4, -0.2) is 5.88 Å². The predicted octanol–water partition coefficient (Wildman–Crippen LogP) is 2.58. The zero-order chi connectivity index (χ0) is 5.70. The van der Waals surface area contributed by atoms with Crippen LogP contribution in [0.5, 0.6) is 0 Å². The Balaban J connectivity index is 3.17. The second-order valence-corrected chi connectivity index (χ2v) is 1.95. The minimum atomic E-state index is 0.746. The molecule has 0 nitrogen and oxygen atoms in total. The summed E-state index contributed by atoms with van der Waals surface area (Å²) < 4.78 is 0. The van der Waals surface area contributed by atoms with E-state index in [9.17, 15) is 0 Å². The molecule has 0 amide bonds. The smallest absolute Gasteiger partial charge is 0.0260 e. The molecule has 0 N–H and O–H groups in total. The Bertz CT molecular complexity index is 64.6. The zero-order valence-corrected chi connectivity index (χ0v) is 5.63. The average Bonchev–Trinajstić information content (AvgIpc) is 1.68. The molecule has 0 fully saturated rings. The Hall–Kier alpha value is 0.0300. The molecule has 0 aromatic rings. The highest BCUT2D eigenvalue weighted by Crippen LogP contribution is 1.98. The molecule has 0 saturated heterocycles. The summed E-state index contributed by atoms with van der Waals surface area (Å²) in [5.41, 5.74) is 1.37. The Morgan fingerprint density at radius 2 is 2.29 bits per heavy atom. The van der Waals surface area contributed by atoms with Gasteiger partial charge in [-0.05, 0) is 20.3 Å². The van der Waals surface area contributed by atoms with Crippen LogP contribution in [0.3, 0.4) is 0 Å². The maximum absolute atomic E-state index is 5.43. The van der Waals surface area contributed by atoms with E-state index in [0.29, 0.717) is 0 Å². The molecule has 0 aliphatic carbocycles. The lowest BCUT2D eigenvalue weighted by molar-refractivity contribution is 1.10. The summed E-state index contributed by atoms with van der Waals surface area (Å²) in [6.07, 6.45) is 3.11. The molecular formula is C6H11Cl. The maximum Gasteiger partial charge on any atom is 0.0260 e. The lowest BCUT2D eigenvalue weighted by Crippen LogP contribution is -1.74. The predicted molar refractivity (Wildman–Crippen MR) is 34.8 cm³/mol. The van der Waals surface area contributed by atoms with E-state index < -0.39 is 0 Å². The van der Waals surface area contributed by atoms with E-state index in [1.807, 2.05) is 6.92 Å². The Morgan fingerprint density at radius 3 is 2.43 bits per heavy atom. The number of alkyl halides is 1. The summed E-state index contributed by atoms with van der Waals surface area (Å²) >= 11 is 5.43. The highest BCUT2D eigenvalue weighted by molar-refractivity contribution is 6.17. The lowest BCUT2D eigenvalue weighted by atomic mass is 10.2. The van der Waals surface area contributed by atoms with Crippen LogP contribution in [0.25, 0.3) is 0 Å². The molecule has 0 aromatic carbocycles. The first-order valence-corrected chi connectivity index (χ1v) is 3.02. The van der Waals surface area contributed by atoms with E-state index in [4.69, 9.17) is 11.6 Å². The Kier molecular flexibility index (Phi) is 4.21. The van der Waals surface area contributed by atoms with E-state index in [1.165, 1.54) is 5.57 Å². The summed E-state index contributed by atoms with van der Waals surface area (Å²) in [6, 6.07) is 0. The molecule has 42 valence electrons. The summed E-state index contributed by atoms with van der Waals surface area (Å²) in [6.45, 7) is 4.12. The molecule has 0 atom stereocenters. The van der Waals surface area contributed by atoms with Crippen LogP contribution in [0.15, 0.2) is 11.6 Å². The summed E-state index contributed by atoms with van der Waals surface area (Å²) in [5, 5.41) is 0. The van der Waals surface area contributed by atoms with Gasteiger partial charge in [0.15, 0.2) is 0 Å². The van der Waals surface area contributed by atoms with Gasteiger partial charge < -0.3 is 0 Å².